The first-order valence-corrected chi connectivity index (χ1v) is 14.7. The van der Waals surface area contributed by atoms with Crippen molar-refractivity contribution in [2.24, 2.45) is 0 Å². The summed E-state index contributed by atoms with van der Waals surface area (Å²) < 4.78 is 21.3. The molecule has 8 nitrogen and oxygen atoms in total. The van der Waals surface area contributed by atoms with Gasteiger partial charge in [0.1, 0.15) is 11.5 Å². The second-order valence-corrected chi connectivity index (χ2v) is 12.5. The molecule has 0 bridgehead atoms. The summed E-state index contributed by atoms with van der Waals surface area (Å²) in [6.45, 7) is 10.0. The molecule has 3 aromatic heterocycles. The topological polar surface area (TPSA) is 99.0 Å². The number of hydrogen-bond acceptors (Lipinski definition) is 6. The molecule has 1 unspecified atom stereocenters. The summed E-state index contributed by atoms with van der Waals surface area (Å²) in [5.41, 5.74) is 4.87. The maximum Gasteiger partial charge on any atom is 0.228 e. The van der Waals surface area contributed by atoms with Crippen LogP contribution in [0.25, 0.3) is 10.9 Å². The molecule has 5 aromatic rings. The van der Waals surface area contributed by atoms with Crippen LogP contribution < -0.4 is 10.1 Å². The van der Waals surface area contributed by atoms with E-state index in [2.05, 4.69) is 41.2 Å². The van der Waals surface area contributed by atoms with Crippen LogP contribution in [0.1, 0.15) is 43.2 Å². The summed E-state index contributed by atoms with van der Waals surface area (Å²) in [7, 11) is -1.25. The van der Waals surface area contributed by atoms with E-state index in [9.17, 15) is 9.00 Å². The van der Waals surface area contributed by atoms with Crippen molar-refractivity contribution < 1.29 is 13.7 Å². The highest BCUT2D eigenvalue weighted by molar-refractivity contribution is 7.84. The van der Waals surface area contributed by atoms with Crippen LogP contribution in [-0.4, -0.2) is 29.9 Å². The molecule has 3 heterocycles. The number of ether oxygens (including phenoxy) is 1. The fourth-order valence-electron chi connectivity index (χ4n) is 4.35. The van der Waals surface area contributed by atoms with Crippen LogP contribution in [0, 0.1) is 13.8 Å². The second kappa shape index (κ2) is 11.6. The van der Waals surface area contributed by atoms with Crippen molar-refractivity contribution in [3.8, 4) is 11.5 Å². The molecule has 1 amide bonds. The molecule has 0 saturated carbocycles. The maximum absolute atomic E-state index is 13.1. The highest BCUT2D eigenvalue weighted by Crippen LogP contribution is 2.32. The fraction of sp³-hybridized carbons (Fsp3) is 0.250. The van der Waals surface area contributed by atoms with Gasteiger partial charge in [-0.3, -0.25) is 23.7 Å². The molecule has 210 valence electrons. The number of pyridine rings is 2. The Hall–Kier alpha value is -4.37. The minimum atomic E-state index is -1.25. The Balaban J connectivity index is 1.29. The van der Waals surface area contributed by atoms with Crippen molar-refractivity contribution in [1.82, 2.24) is 19.7 Å². The SMILES string of the molecule is Cc1ccc(CS(=O)c2ccc3nccc(Oc4ccc(CC(=O)Nc5cnn(C(C)(C)C)c5)cc4C)c3c2)cn1. The van der Waals surface area contributed by atoms with Gasteiger partial charge in [-0.05, 0) is 87.7 Å². The van der Waals surface area contributed by atoms with Gasteiger partial charge in [0.05, 0.1) is 45.9 Å². The van der Waals surface area contributed by atoms with Crippen LogP contribution in [0.4, 0.5) is 5.69 Å². The molecule has 1 N–H and O–H groups in total. The third-order valence-corrected chi connectivity index (χ3v) is 7.96. The molecule has 41 heavy (non-hydrogen) atoms. The summed E-state index contributed by atoms with van der Waals surface area (Å²) in [6.07, 6.45) is 7.18. The molecular weight excluding hydrogens is 534 g/mol. The lowest BCUT2D eigenvalue weighted by Gasteiger charge is -2.18. The molecule has 0 fully saturated rings. The Morgan fingerprint density at radius 3 is 2.46 bits per heavy atom. The quantitative estimate of drug-likeness (QED) is 0.230. The average molecular weight is 568 g/mol. The van der Waals surface area contributed by atoms with E-state index in [1.807, 2.05) is 73.3 Å². The van der Waals surface area contributed by atoms with Crippen molar-refractivity contribution >= 4 is 33.3 Å². The number of nitrogens with zero attached hydrogens (tertiary/aromatic N) is 4. The molecular formula is C32H33N5O3S. The zero-order valence-corrected chi connectivity index (χ0v) is 24.7. The van der Waals surface area contributed by atoms with Crippen LogP contribution in [-0.2, 0) is 33.3 Å². The van der Waals surface area contributed by atoms with Gasteiger partial charge in [0.25, 0.3) is 0 Å². The number of carbonyl (C=O) groups is 1. The summed E-state index contributed by atoms with van der Waals surface area (Å²) in [4.78, 5) is 22.1. The Bertz CT molecular complexity index is 1740. The number of carbonyl (C=O) groups excluding carboxylic acids is 1. The van der Waals surface area contributed by atoms with Crippen LogP contribution in [0.3, 0.4) is 0 Å². The number of benzene rings is 2. The third-order valence-electron chi connectivity index (χ3n) is 6.58. The number of nitrogens with one attached hydrogen (secondary N) is 1. The monoisotopic (exact) mass is 567 g/mol. The van der Waals surface area contributed by atoms with Crippen molar-refractivity contribution in [1.29, 1.82) is 0 Å². The van der Waals surface area contributed by atoms with E-state index < -0.39 is 10.8 Å². The molecule has 0 saturated heterocycles. The highest BCUT2D eigenvalue weighted by Gasteiger charge is 2.16. The molecule has 9 heteroatoms. The molecule has 5 rings (SSSR count). The summed E-state index contributed by atoms with van der Waals surface area (Å²) >= 11 is 0. The van der Waals surface area contributed by atoms with E-state index in [1.54, 1.807) is 24.7 Å². The summed E-state index contributed by atoms with van der Waals surface area (Å²) in [6, 6.07) is 17.0. The average Bonchev–Trinajstić information content (AvgIpc) is 3.40. The van der Waals surface area contributed by atoms with Gasteiger partial charge in [-0.25, -0.2) is 0 Å². The van der Waals surface area contributed by atoms with Gasteiger partial charge >= 0.3 is 0 Å². The van der Waals surface area contributed by atoms with Crippen LogP contribution >= 0.6 is 0 Å². The Labute approximate surface area is 242 Å². The fourth-order valence-corrected chi connectivity index (χ4v) is 5.46. The van der Waals surface area contributed by atoms with Gasteiger partial charge in [0.2, 0.25) is 5.91 Å². The zero-order chi connectivity index (χ0) is 29.1. The summed E-state index contributed by atoms with van der Waals surface area (Å²) in [5, 5.41) is 8.03. The summed E-state index contributed by atoms with van der Waals surface area (Å²) in [5.74, 6) is 1.55. The van der Waals surface area contributed by atoms with Crippen molar-refractivity contribution in [2.75, 3.05) is 5.32 Å². The molecule has 0 aliphatic carbocycles. The number of aryl methyl sites for hydroxylation is 2. The molecule has 0 radical (unpaired) electrons. The van der Waals surface area contributed by atoms with Gasteiger partial charge in [0.15, 0.2) is 0 Å². The second-order valence-electron chi connectivity index (χ2n) is 11.1. The maximum atomic E-state index is 13.1. The number of fused-ring (bicyclic) bond motifs is 1. The van der Waals surface area contributed by atoms with Crippen LogP contribution in [0.5, 0.6) is 11.5 Å². The molecule has 0 spiro atoms. The standard InChI is InChI=1S/C32H33N5O3S/c1-21-14-23(15-31(38)36-25-18-35-37(19-25)32(3,4)5)8-11-29(21)40-30-12-13-33-28-10-9-26(16-27(28)30)41(39)20-24-7-6-22(2)34-17-24/h6-14,16-19H,15,20H2,1-5H3,(H,36,38). The number of rotatable bonds is 8. The van der Waals surface area contributed by atoms with Crippen LogP contribution in [0.2, 0.25) is 0 Å². The van der Waals surface area contributed by atoms with Gasteiger partial charge in [-0.15, -0.1) is 0 Å². The van der Waals surface area contributed by atoms with Gasteiger partial charge < -0.3 is 10.1 Å². The van der Waals surface area contributed by atoms with E-state index in [-0.39, 0.29) is 17.9 Å². The Morgan fingerprint density at radius 1 is 0.951 bits per heavy atom. The molecule has 0 aliphatic rings. The smallest absolute Gasteiger partial charge is 0.228 e. The van der Waals surface area contributed by atoms with Crippen molar-refractivity contribution in [3.05, 3.63) is 102 Å². The first-order chi connectivity index (χ1) is 19.5. The van der Waals surface area contributed by atoms with E-state index in [1.165, 1.54) is 0 Å². The van der Waals surface area contributed by atoms with Crippen molar-refractivity contribution in [2.45, 2.75) is 57.2 Å². The van der Waals surface area contributed by atoms with Gasteiger partial charge in [-0.2, -0.15) is 5.10 Å². The van der Waals surface area contributed by atoms with E-state index in [4.69, 9.17) is 4.74 Å². The van der Waals surface area contributed by atoms with E-state index in [0.717, 1.165) is 33.3 Å². The highest BCUT2D eigenvalue weighted by atomic mass is 32.2. The van der Waals surface area contributed by atoms with Crippen LogP contribution in [0.15, 0.2) is 84.3 Å². The first kappa shape index (κ1) is 28.2. The van der Waals surface area contributed by atoms with E-state index in [0.29, 0.717) is 27.8 Å². The lowest BCUT2D eigenvalue weighted by atomic mass is 10.1. The third kappa shape index (κ3) is 6.86. The Morgan fingerprint density at radius 2 is 1.76 bits per heavy atom. The predicted octanol–water partition coefficient (Wildman–Crippen LogP) is 6.48. The normalized spacial score (nSPS) is 12.3. The minimum Gasteiger partial charge on any atom is -0.456 e. The number of amides is 1. The van der Waals surface area contributed by atoms with E-state index >= 15 is 0 Å². The lowest BCUT2D eigenvalue weighted by molar-refractivity contribution is -0.115. The largest absolute Gasteiger partial charge is 0.456 e. The first-order valence-electron chi connectivity index (χ1n) is 13.4. The van der Waals surface area contributed by atoms with Gasteiger partial charge in [0, 0.05) is 34.6 Å². The number of anilines is 1. The number of hydrogen-bond donors (Lipinski definition) is 1. The molecule has 2 aromatic carbocycles. The van der Waals surface area contributed by atoms with Crippen molar-refractivity contribution in [3.63, 3.8) is 0 Å². The Kier molecular flexibility index (Phi) is 7.99. The van der Waals surface area contributed by atoms with Gasteiger partial charge in [-0.1, -0.05) is 18.2 Å². The predicted molar refractivity (Wildman–Crippen MR) is 162 cm³/mol. The molecule has 1 atom stereocenters. The zero-order valence-electron chi connectivity index (χ0n) is 23.8. The minimum absolute atomic E-state index is 0.117. The number of aromatic nitrogens is 4. The molecule has 0 aliphatic heterocycles. The lowest BCUT2D eigenvalue weighted by Crippen LogP contribution is -2.22.